The summed E-state index contributed by atoms with van der Waals surface area (Å²) in [7, 11) is 0. The highest BCUT2D eigenvalue weighted by atomic mass is 79.9. The third-order valence-corrected chi connectivity index (χ3v) is 4.32. The van der Waals surface area contributed by atoms with Crippen LogP contribution in [-0.2, 0) is 0 Å². The Morgan fingerprint density at radius 1 is 1.35 bits per heavy atom. The van der Waals surface area contributed by atoms with Gasteiger partial charge in [-0.3, -0.25) is 0 Å². The summed E-state index contributed by atoms with van der Waals surface area (Å²) in [6.45, 7) is 2.57. The van der Waals surface area contributed by atoms with E-state index in [9.17, 15) is 0 Å². The molecule has 0 aliphatic carbocycles. The van der Waals surface area contributed by atoms with Crippen molar-refractivity contribution in [1.29, 1.82) is 0 Å². The fourth-order valence-electron chi connectivity index (χ4n) is 1.16. The quantitative estimate of drug-likeness (QED) is 0.617. The minimum absolute atomic E-state index is 0.672. The lowest BCUT2D eigenvalue weighted by Gasteiger charge is -2.04. The van der Waals surface area contributed by atoms with Crippen LogP contribution in [0.15, 0.2) is 33.1 Å². The van der Waals surface area contributed by atoms with Crippen molar-refractivity contribution in [2.24, 2.45) is 0 Å². The van der Waals surface area contributed by atoms with Crippen molar-refractivity contribution >= 4 is 39.2 Å². The van der Waals surface area contributed by atoms with Crippen molar-refractivity contribution in [1.82, 2.24) is 9.36 Å². The van der Waals surface area contributed by atoms with Crippen molar-refractivity contribution in [3.05, 3.63) is 34.6 Å². The lowest BCUT2D eigenvalue weighted by Crippen LogP contribution is -1.99. The van der Waals surface area contributed by atoms with Gasteiger partial charge in [-0.15, -0.1) is 0 Å². The van der Waals surface area contributed by atoms with E-state index < -0.39 is 0 Å². The van der Waals surface area contributed by atoms with Gasteiger partial charge in [-0.25, -0.2) is 4.98 Å². The van der Waals surface area contributed by atoms with Gasteiger partial charge in [-0.05, 0) is 42.7 Å². The molecule has 0 bridgehead atoms. The molecule has 1 aromatic heterocycles. The Hall–Kier alpha value is -0.590. The van der Waals surface area contributed by atoms with Crippen LogP contribution in [-0.4, -0.2) is 21.7 Å². The Labute approximate surface area is 117 Å². The highest BCUT2D eigenvalue weighted by Gasteiger charge is 2.01. The average Bonchev–Trinajstić information content (AvgIpc) is 2.73. The molecule has 0 spiro atoms. The standard InChI is InChI=1S/C11H11BrN2OS2/c1-8-13-11(17-14-8)16-7-6-15-10-4-2-9(12)3-5-10/h2-5H,6-7H2,1H3. The molecular formula is C11H11BrN2OS2. The molecule has 1 heterocycles. The summed E-state index contributed by atoms with van der Waals surface area (Å²) in [4.78, 5) is 4.28. The molecule has 0 radical (unpaired) electrons. The van der Waals surface area contributed by atoms with E-state index in [-0.39, 0.29) is 0 Å². The van der Waals surface area contributed by atoms with Crippen molar-refractivity contribution in [2.45, 2.75) is 11.3 Å². The van der Waals surface area contributed by atoms with Gasteiger partial charge in [0.15, 0.2) is 4.34 Å². The van der Waals surface area contributed by atoms with Crippen LogP contribution in [0.25, 0.3) is 0 Å². The number of hydrogen-bond acceptors (Lipinski definition) is 5. The molecule has 0 saturated carbocycles. The van der Waals surface area contributed by atoms with Crippen molar-refractivity contribution in [2.75, 3.05) is 12.4 Å². The number of halogens is 1. The van der Waals surface area contributed by atoms with Gasteiger partial charge in [-0.1, -0.05) is 27.7 Å². The van der Waals surface area contributed by atoms with Gasteiger partial charge in [0.1, 0.15) is 11.6 Å². The molecule has 3 nitrogen and oxygen atoms in total. The van der Waals surface area contributed by atoms with E-state index in [0.717, 1.165) is 26.1 Å². The summed E-state index contributed by atoms with van der Waals surface area (Å²) in [5.74, 6) is 2.61. The van der Waals surface area contributed by atoms with Crippen LogP contribution in [0, 0.1) is 6.92 Å². The Bertz CT molecular complexity index is 473. The van der Waals surface area contributed by atoms with Crippen LogP contribution in [0.2, 0.25) is 0 Å². The highest BCUT2D eigenvalue weighted by molar-refractivity contribution is 9.10. The van der Waals surface area contributed by atoms with E-state index >= 15 is 0 Å². The molecule has 2 rings (SSSR count). The first kappa shape index (κ1) is 12.9. The van der Waals surface area contributed by atoms with Gasteiger partial charge in [0, 0.05) is 10.2 Å². The zero-order valence-electron chi connectivity index (χ0n) is 9.22. The Kier molecular flexibility index (Phi) is 4.82. The molecule has 6 heteroatoms. The van der Waals surface area contributed by atoms with Crippen LogP contribution >= 0.6 is 39.2 Å². The van der Waals surface area contributed by atoms with E-state index in [1.54, 1.807) is 11.8 Å². The number of nitrogens with zero attached hydrogens (tertiary/aromatic N) is 2. The Balaban J connectivity index is 1.71. The molecule has 2 aromatic rings. The van der Waals surface area contributed by atoms with Crippen LogP contribution in [0.5, 0.6) is 5.75 Å². The number of ether oxygens (including phenoxy) is 1. The summed E-state index contributed by atoms with van der Waals surface area (Å²) in [6, 6.07) is 7.83. The molecule has 1 aromatic carbocycles. The lowest BCUT2D eigenvalue weighted by molar-refractivity contribution is 0.344. The first-order chi connectivity index (χ1) is 8.24. The Morgan fingerprint density at radius 3 is 2.76 bits per heavy atom. The highest BCUT2D eigenvalue weighted by Crippen LogP contribution is 2.20. The summed E-state index contributed by atoms with van der Waals surface area (Å²) < 4.78 is 11.8. The van der Waals surface area contributed by atoms with Crippen LogP contribution in [0.1, 0.15) is 5.82 Å². The Morgan fingerprint density at radius 2 is 2.12 bits per heavy atom. The van der Waals surface area contributed by atoms with Gasteiger partial charge in [0.2, 0.25) is 0 Å². The summed E-state index contributed by atoms with van der Waals surface area (Å²) in [5, 5.41) is 0. The van der Waals surface area contributed by atoms with Crippen LogP contribution in [0.3, 0.4) is 0 Å². The number of aryl methyl sites for hydroxylation is 1. The van der Waals surface area contributed by atoms with E-state index in [4.69, 9.17) is 4.74 Å². The predicted octanol–water partition coefficient (Wildman–Crippen LogP) is 3.78. The van der Waals surface area contributed by atoms with Gasteiger partial charge in [0.05, 0.1) is 6.61 Å². The average molecular weight is 331 g/mol. The van der Waals surface area contributed by atoms with Crippen molar-refractivity contribution in [3.63, 3.8) is 0 Å². The third-order valence-electron chi connectivity index (χ3n) is 1.90. The second-order valence-electron chi connectivity index (χ2n) is 3.26. The first-order valence-electron chi connectivity index (χ1n) is 5.05. The molecule has 0 aliphatic heterocycles. The van der Waals surface area contributed by atoms with Crippen LogP contribution in [0.4, 0.5) is 0 Å². The molecule has 0 aliphatic rings. The monoisotopic (exact) mass is 330 g/mol. The first-order valence-corrected chi connectivity index (χ1v) is 7.61. The van der Waals surface area contributed by atoms with Gasteiger partial charge in [0.25, 0.3) is 0 Å². The number of benzene rings is 1. The molecule has 0 N–H and O–H groups in total. The van der Waals surface area contributed by atoms with Crippen LogP contribution < -0.4 is 4.74 Å². The molecule has 0 saturated heterocycles. The second kappa shape index (κ2) is 6.37. The minimum Gasteiger partial charge on any atom is -0.493 e. The maximum atomic E-state index is 5.60. The fraction of sp³-hybridized carbons (Fsp3) is 0.273. The van der Waals surface area contributed by atoms with Gasteiger partial charge >= 0.3 is 0 Å². The summed E-state index contributed by atoms with van der Waals surface area (Å²) >= 11 is 6.50. The maximum absolute atomic E-state index is 5.60. The van der Waals surface area contributed by atoms with E-state index in [1.807, 2.05) is 31.2 Å². The summed E-state index contributed by atoms with van der Waals surface area (Å²) in [5.41, 5.74) is 0. The normalized spacial score (nSPS) is 10.5. The number of thioether (sulfide) groups is 1. The summed E-state index contributed by atoms with van der Waals surface area (Å²) in [6.07, 6.45) is 0. The van der Waals surface area contributed by atoms with Gasteiger partial charge in [-0.2, -0.15) is 4.37 Å². The third kappa shape index (κ3) is 4.29. The molecule has 17 heavy (non-hydrogen) atoms. The zero-order chi connectivity index (χ0) is 12.1. The molecule has 0 fully saturated rings. The number of hydrogen-bond donors (Lipinski definition) is 0. The second-order valence-corrected chi connectivity index (χ2v) is 6.27. The minimum atomic E-state index is 0.672. The fourth-order valence-corrected chi connectivity index (χ4v) is 2.95. The smallest absolute Gasteiger partial charge is 0.170 e. The van der Waals surface area contributed by atoms with E-state index in [1.165, 1.54) is 11.5 Å². The number of aromatic nitrogens is 2. The van der Waals surface area contributed by atoms with Crippen molar-refractivity contribution < 1.29 is 4.74 Å². The lowest BCUT2D eigenvalue weighted by atomic mass is 10.3. The molecule has 0 unspecified atom stereocenters. The van der Waals surface area contributed by atoms with Gasteiger partial charge < -0.3 is 4.74 Å². The predicted molar refractivity (Wildman–Crippen MR) is 75.0 cm³/mol. The maximum Gasteiger partial charge on any atom is 0.170 e. The molecule has 90 valence electrons. The molecule has 0 amide bonds. The topological polar surface area (TPSA) is 35.0 Å². The number of rotatable bonds is 5. The van der Waals surface area contributed by atoms with E-state index in [0.29, 0.717) is 6.61 Å². The van der Waals surface area contributed by atoms with Crippen molar-refractivity contribution in [3.8, 4) is 5.75 Å². The van der Waals surface area contributed by atoms with E-state index in [2.05, 4.69) is 25.3 Å². The zero-order valence-corrected chi connectivity index (χ0v) is 12.4. The molecule has 0 atom stereocenters. The SMILES string of the molecule is Cc1nsc(SCCOc2ccc(Br)cc2)n1. The largest absolute Gasteiger partial charge is 0.493 e. The molecular weight excluding hydrogens is 320 g/mol.